The molecule has 1 aliphatic carbocycles. The van der Waals surface area contributed by atoms with Gasteiger partial charge in [-0.1, -0.05) is 42.4 Å². The number of aliphatic hydroxyl groups excluding tert-OH is 2. The summed E-state index contributed by atoms with van der Waals surface area (Å²) in [6.45, 7) is 1.97. The summed E-state index contributed by atoms with van der Waals surface area (Å²) in [5.41, 5.74) is 0. The lowest BCUT2D eigenvalue weighted by atomic mass is 9.84. The van der Waals surface area contributed by atoms with Gasteiger partial charge in [-0.05, 0) is 38.0 Å². The summed E-state index contributed by atoms with van der Waals surface area (Å²) in [5.74, 6) is -1.03. The molecule has 0 aromatic rings. The van der Waals surface area contributed by atoms with E-state index in [0.29, 0.717) is 38.5 Å². The minimum Gasteiger partial charge on any atom is -0.469 e. The van der Waals surface area contributed by atoms with E-state index >= 15 is 4.39 Å². The number of rotatable bonds is 12. The molecule has 2 fully saturated rings. The van der Waals surface area contributed by atoms with Gasteiger partial charge in [-0.15, -0.1) is 0 Å². The number of hydrogen-bond donors (Lipinski definition) is 2. The molecule has 2 rings (SSSR count). The largest absolute Gasteiger partial charge is 0.469 e. The Kier molecular flexibility index (Phi) is 10.5. The van der Waals surface area contributed by atoms with E-state index in [1.165, 1.54) is 7.11 Å². The van der Waals surface area contributed by atoms with Crippen molar-refractivity contribution in [3.05, 3.63) is 0 Å². The molecule has 29 heavy (non-hydrogen) atoms. The number of aliphatic hydroxyl groups is 2. The predicted octanol–water partition coefficient (Wildman–Crippen LogP) is 3.91. The van der Waals surface area contributed by atoms with Crippen molar-refractivity contribution in [1.82, 2.24) is 0 Å². The molecule has 1 saturated carbocycles. The first-order valence-electron chi connectivity index (χ1n) is 10.8. The standard InChI is InChI=1S/C21H35F2IO5/c1-3-4-6-13(22)15(25)10-9-12-16(26)11-17-19(12)20(23)21(29-17)14(24)7-5-8-18(27)28-2/h12-17,19-21,25-26H,3-11H2,1-2H3/t12-,13?,14?,15?,16?,17?,19+,20?,21?/m0/s1. The molecule has 2 N–H and O–H groups in total. The van der Waals surface area contributed by atoms with Gasteiger partial charge in [-0.2, -0.15) is 0 Å². The first-order valence-corrected chi connectivity index (χ1v) is 12.0. The highest BCUT2D eigenvalue weighted by Gasteiger charge is 2.56. The van der Waals surface area contributed by atoms with Crippen LogP contribution < -0.4 is 0 Å². The van der Waals surface area contributed by atoms with Gasteiger partial charge in [-0.25, -0.2) is 8.78 Å². The Hall–Kier alpha value is -0.0600. The van der Waals surface area contributed by atoms with Gasteiger partial charge in [0.05, 0.1) is 25.4 Å². The van der Waals surface area contributed by atoms with Crippen LogP contribution in [0.15, 0.2) is 0 Å². The molecular formula is C21H35F2IO5. The number of methoxy groups -OCH3 is 1. The quantitative estimate of drug-likeness (QED) is 0.227. The van der Waals surface area contributed by atoms with Crippen molar-refractivity contribution in [1.29, 1.82) is 0 Å². The van der Waals surface area contributed by atoms with Crippen molar-refractivity contribution in [2.24, 2.45) is 11.8 Å². The van der Waals surface area contributed by atoms with Gasteiger partial charge >= 0.3 is 5.97 Å². The minimum absolute atomic E-state index is 0.0782. The second kappa shape index (κ2) is 12.1. The zero-order valence-corrected chi connectivity index (χ0v) is 19.5. The first-order chi connectivity index (χ1) is 13.8. The third-order valence-corrected chi connectivity index (χ3v) is 7.73. The number of unbranched alkanes of at least 4 members (excludes halogenated alkanes) is 1. The molecule has 1 heterocycles. The molecule has 0 bridgehead atoms. The monoisotopic (exact) mass is 532 g/mol. The smallest absolute Gasteiger partial charge is 0.305 e. The average Bonchev–Trinajstić information content (AvgIpc) is 3.18. The van der Waals surface area contributed by atoms with Crippen molar-refractivity contribution in [3.63, 3.8) is 0 Å². The molecule has 0 aromatic carbocycles. The van der Waals surface area contributed by atoms with Crippen molar-refractivity contribution < 1.29 is 33.3 Å². The van der Waals surface area contributed by atoms with E-state index in [2.05, 4.69) is 27.3 Å². The van der Waals surface area contributed by atoms with Crippen LogP contribution in [0, 0.1) is 11.8 Å². The second-order valence-corrected chi connectivity index (χ2v) is 10.0. The molecule has 8 heteroatoms. The lowest BCUT2D eigenvalue weighted by molar-refractivity contribution is -0.140. The molecule has 0 aromatic heterocycles. The Morgan fingerprint density at radius 3 is 2.69 bits per heavy atom. The van der Waals surface area contributed by atoms with Crippen LogP contribution >= 0.6 is 22.6 Å². The summed E-state index contributed by atoms with van der Waals surface area (Å²) >= 11 is 2.17. The Morgan fingerprint density at radius 1 is 1.31 bits per heavy atom. The van der Waals surface area contributed by atoms with Crippen LogP contribution in [-0.4, -0.2) is 64.0 Å². The lowest BCUT2D eigenvalue weighted by Crippen LogP contribution is -2.35. The van der Waals surface area contributed by atoms with E-state index in [-0.39, 0.29) is 28.3 Å². The van der Waals surface area contributed by atoms with Crippen molar-refractivity contribution in [2.75, 3.05) is 7.11 Å². The molecule has 9 atom stereocenters. The molecule has 2 aliphatic rings. The number of carbonyl (C=O) groups is 1. The van der Waals surface area contributed by atoms with Gasteiger partial charge in [0.15, 0.2) is 0 Å². The fourth-order valence-corrected chi connectivity index (χ4v) is 5.71. The van der Waals surface area contributed by atoms with Gasteiger partial charge in [-0.3, -0.25) is 4.79 Å². The van der Waals surface area contributed by atoms with Gasteiger partial charge in [0.1, 0.15) is 18.4 Å². The number of ether oxygens (including phenoxy) is 2. The van der Waals surface area contributed by atoms with Gasteiger partial charge in [0.25, 0.3) is 0 Å². The molecule has 0 radical (unpaired) electrons. The van der Waals surface area contributed by atoms with Crippen LogP contribution in [0.3, 0.4) is 0 Å². The molecule has 7 unspecified atom stereocenters. The summed E-state index contributed by atoms with van der Waals surface area (Å²) in [4.78, 5) is 11.2. The van der Waals surface area contributed by atoms with Crippen LogP contribution in [0.1, 0.15) is 64.7 Å². The Morgan fingerprint density at radius 2 is 2.03 bits per heavy atom. The highest BCUT2D eigenvalue weighted by atomic mass is 127. The number of halogens is 3. The van der Waals surface area contributed by atoms with Crippen LogP contribution in [0.5, 0.6) is 0 Å². The van der Waals surface area contributed by atoms with Crippen molar-refractivity contribution in [3.8, 4) is 0 Å². The number of carbonyl (C=O) groups excluding carboxylic acids is 1. The highest BCUT2D eigenvalue weighted by molar-refractivity contribution is 14.1. The molecular weight excluding hydrogens is 497 g/mol. The molecule has 1 saturated heterocycles. The zero-order chi connectivity index (χ0) is 21.6. The van der Waals surface area contributed by atoms with Crippen LogP contribution in [-0.2, 0) is 14.3 Å². The summed E-state index contributed by atoms with van der Waals surface area (Å²) in [6, 6.07) is 0. The Labute approximate surface area is 186 Å². The Bertz CT molecular complexity index is 511. The van der Waals surface area contributed by atoms with E-state index in [9.17, 15) is 19.4 Å². The topological polar surface area (TPSA) is 76.0 Å². The lowest BCUT2D eigenvalue weighted by Gasteiger charge is -2.27. The van der Waals surface area contributed by atoms with Crippen LogP contribution in [0.25, 0.3) is 0 Å². The summed E-state index contributed by atoms with van der Waals surface area (Å²) < 4.78 is 39.8. The highest BCUT2D eigenvalue weighted by Crippen LogP contribution is 2.48. The fourth-order valence-electron chi connectivity index (χ4n) is 4.70. The average molecular weight is 532 g/mol. The van der Waals surface area contributed by atoms with E-state index in [4.69, 9.17) is 4.74 Å². The molecule has 5 nitrogen and oxygen atoms in total. The van der Waals surface area contributed by atoms with E-state index in [1.807, 2.05) is 6.92 Å². The van der Waals surface area contributed by atoms with E-state index in [0.717, 1.165) is 12.8 Å². The van der Waals surface area contributed by atoms with Gasteiger partial charge in [0.2, 0.25) is 0 Å². The number of esters is 1. The van der Waals surface area contributed by atoms with Crippen molar-refractivity contribution >= 4 is 28.6 Å². The maximum Gasteiger partial charge on any atom is 0.305 e. The third-order valence-electron chi connectivity index (χ3n) is 6.40. The molecule has 0 amide bonds. The summed E-state index contributed by atoms with van der Waals surface area (Å²) in [6.07, 6.45) is -0.671. The maximum absolute atomic E-state index is 15.2. The normalized spacial score (nSPS) is 34.6. The fraction of sp³-hybridized carbons (Fsp3) is 0.952. The van der Waals surface area contributed by atoms with Crippen LogP contribution in [0.4, 0.5) is 8.78 Å². The Balaban J connectivity index is 1.86. The number of fused-ring (bicyclic) bond motifs is 1. The molecule has 170 valence electrons. The molecule has 0 spiro atoms. The van der Waals surface area contributed by atoms with Crippen LogP contribution in [0.2, 0.25) is 0 Å². The van der Waals surface area contributed by atoms with E-state index < -0.39 is 36.6 Å². The predicted molar refractivity (Wildman–Crippen MR) is 114 cm³/mol. The maximum atomic E-state index is 15.2. The summed E-state index contributed by atoms with van der Waals surface area (Å²) in [7, 11) is 1.35. The number of alkyl halides is 3. The minimum atomic E-state index is -1.27. The van der Waals surface area contributed by atoms with Crippen molar-refractivity contribution in [2.45, 2.75) is 105 Å². The number of hydrogen-bond acceptors (Lipinski definition) is 5. The summed E-state index contributed by atoms with van der Waals surface area (Å²) in [5, 5.41) is 20.5. The SMILES string of the molecule is CCCCC(F)C(O)CC[C@H]1C(O)CC2OC(C(I)CCCC(=O)OC)C(F)[C@@H]21. The van der Waals surface area contributed by atoms with E-state index in [1.54, 1.807) is 0 Å². The third kappa shape index (κ3) is 6.71. The first kappa shape index (κ1) is 25.2. The zero-order valence-electron chi connectivity index (χ0n) is 17.3. The second-order valence-electron chi connectivity index (χ2n) is 8.42. The molecule has 1 aliphatic heterocycles. The van der Waals surface area contributed by atoms with Gasteiger partial charge in [0, 0.05) is 22.7 Å². The van der Waals surface area contributed by atoms with Gasteiger partial charge < -0.3 is 19.7 Å².